The van der Waals surface area contributed by atoms with Crippen molar-refractivity contribution >= 4 is 34.2 Å². The van der Waals surface area contributed by atoms with Crippen molar-refractivity contribution in [2.24, 2.45) is 5.92 Å². The van der Waals surface area contributed by atoms with Gasteiger partial charge in [-0.1, -0.05) is 54.2 Å². The average Bonchev–Trinajstić information content (AvgIpc) is 3.22. The smallest absolute Gasteiger partial charge is 0.235 e. The molecule has 0 aliphatic carbocycles. The first kappa shape index (κ1) is 20.9. The lowest BCUT2D eigenvalue weighted by atomic mass is 9.90. The Balaban J connectivity index is 1.27. The minimum absolute atomic E-state index is 0.174. The Morgan fingerprint density at radius 2 is 1.78 bits per heavy atom. The summed E-state index contributed by atoms with van der Waals surface area (Å²) in [5.41, 5.74) is 3.05. The van der Waals surface area contributed by atoms with E-state index in [9.17, 15) is 4.79 Å². The van der Waals surface area contributed by atoms with Crippen molar-refractivity contribution < 1.29 is 4.79 Å². The summed E-state index contributed by atoms with van der Waals surface area (Å²) >= 11 is 1.46. The molecule has 7 heteroatoms. The van der Waals surface area contributed by atoms with Gasteiger partial charge >= 0.3 is 0 Å². The van der Waals surface area contributed by atoms with E-state index in [-0.39, 0.29) is 11.2 Å². The molecule has 1 unspecified atom stereocenters. The van der Waals surface area contributed by atoms with E-state index in [1.807, 2.05) is 43.0 Å². The number of rotatable bonds is 5. The lowest BCUT2D eigenvalue weighted by molar-refractivity contribution is -0.131. The molecule has 1 amide bonds. The third kappa shape index (κ3) is 4.21. The Morgan fingerprint density at radius 1 is 1.06 bits per heavy atom. The topological polar surface area (TPSA) is 63.4 Å². The third-order valence-electron chi connectivity index (χ3n) is 6.18. The number of carbonyl (C=O) groups is 1. The molecule has 0 radical (unpaired) electrons. The van der Waals surface area contributed by atoms with Crippen LogP contribution in [0.15, 0.2) is 59.8 Å². The predicted molar refractivity (Wildman–Crippen MR) is 128 cm³/mol. The van der Waals surface area contributed by atoms with Crippen molar-refractivity contribution in [1.29, 1.82) is 0 Å². The van der Waals surface area contributed by atoms with E-state index in [1.54, 1.807) is 4.52 Å². The number of benzene rings is 2. The monoisotopic (exact) mass is 445 g/mol. The van der Waals surface area contributed by atoms with Gasteiger partial charge in [-0.05, 0) is 56.7 Å². The first-order valence-corrected chi connectivity index (χ1v) is 12.1. The first-order chi connectivity index (χ1) is 15.6. The van der Waals surface area contributed by atoms with Crippen LogP contribution < -0.4 is 0 Å². The second kappa shape index (κ2) is 8.90. The van der Waals surface area contributed by atoms with Crippen LogP contribution in [0.4, 0.5) is 0 Å². The Labute approximate surface area is 192 Å². The maximum Gasteiger partial charge on any atom is 0.235 e. The molecule has 3 heterocycles. The maximum absolute atomic E-state index is 13.2. The molecule has 1 saturated heterocycles. The summed E-state index contributed by atoms with van der Waals surface area (Å²) in [7, 11) is 0. The number of likely N-dealkylation sites (tertiary alicyclic amines) is 1. The molecule has 5 rings (SSSR count). The van der Waals surface area contributed by atoms with E-state index >= 15 is 0 Å². The standard InChI is InChI=1S/C25H27N5OS/c1-17(24(31)29-14-12-20(13-15-29)16-19-8-4-3-5-9-19)32-25-27-22-11-7-6-10-21(22)23-26-18(2)28-30(23)25/h3-11,17,20H,12-16H2,1-2H3. The zero-order valence-corrected chi connectivity index (χ0v) is 19.3. The van der Waals surface area contributed by atoms with E-state index < -0.39 is 0 Å². The fourth-order valence-corrected chi connectivity index (χ4v) is 5.42. The zero-order valence-electron chi connectivity index (χ0n) is 18.4. The van der Waals surface area contributed by atoms with Crippen molar-refractivity contribution in [2.45, 2.75) is 43.5 Å². The summed E-state index contributed by atoms with van der Waals surface area (Å²) in [4.78, 5) is 24.6. The quantitative estimate of drug-likeness (QED) is 0.333. The molecule has 4 aromatic rings. The first-order valence-electron chi connectivity index (χ1n) is 11.2. The molecule has 1 aliphatic rings. The fourth-order valence-electron chi connectivity index (χ4n) is 4.48. The number of piperidine rings is 1. The zero-order chi connectivity index (χ0) is 22.1. The molecule has 0 saturated carbocycles. The number of nitrogens with zero attached hydrogens (tertiary/aromatic N) is 5. The second-order valence-corrected chi connectivity index (χ2v) is 9.83. The predicted octanol–water partition coefficient (Wildman–Crippen LogP) is 4.55. The van der Waals surface area contributed by atoms with Crippen LogP contribution in [-0.2, 0) is 11.2 Å². The van der Waals surface area contributed by atoms with E-state index in [4.69, 9.17) is 4.98 Å². The van der Waals surface area contributed by atoms with Crippen LogP contribution in [0.2, 0.25) is 0 Å². The number of thioether (sulfide) groups is 1. The normalized spacial score (nSPS) is 16.0. The minimum Gasteiger partial charge on any atom is -0.342 e. The number of para-hydroxylation sites is 1. The fraction of sp³-hybridized carbons (Fsp3) is 0.360. The summed E-state index contributed by atoms with van der Waals surface area (Å²) in [6.45, 7) is 5.49. The summed E-state index contributed by atoms with van der Waals surface area (Å²) in [5, 5.41) is 5.98. The number of hydrogen-bond donors (Lipinski definition) is 0. The second-order valence-electron chi connectivity index (χ2n) is 8.52. The highest BCUT2D eigenvalue weighted by atomic mass is 32.2. The highest BCUT2D eigenvalue weighted by Crippen LogP contribution is 2.29. The highest BCUT2D eigenvalue weighted by molar-refractivity contribution is 8.00. The van der Waals surface area contributed by atoms with E-state index in [0.29, 0.717) is 16.9 Å². The molecule has 2 aromatic heterocycles. The van der Waals surface area contributed by atoms with Gasteiger partial charge in [-0.2, -0.15) is 4.52 Å². The van der Waals surface area contributed by atoms with Crippen molar-refractivity contribution in [3.63, 3.8) is 0 Å². The van der Waals surface area contributed by atoms with Crippen LogP contribution >= 0.6 is 11.8 Å². The van der Waals surface area contributed by atoms with Crippen molar-refractivity contribution in [3.8, 4) is 0 Å². The highest BCUT2D eigenvalue weighted by Gasteiger charge is 2.28. The Hall–Kier alpha value is -2.93. The third-order valence-corrected chi connectivity index (χ3v) is 7.21. The molecular formula is C25H27N5OS. The van der Waals surface area contributed by atoms with E-state index in [0.717, 1.165) is 48.9 Å². The number of aryl methyl sites for hydroxylation is 1. The molecule has 2 aromatic carbocycles. The van der Waals surface area contributed by atoms with Gasteiger partial charge < -0.3 is 4.90 Å². The number of aromatic nitrogens is 4. The molecule has 164 valence electrons. The van der Waals surface area contributed by atoms with Gasteiger partial charge in [0.25, 0.3) is 0 Å². The molecule has 1 aliphatic heterocycles. The molecule has 0 N–H and O–H groups in total. The average molecular weight is 446 g/mol. The van der Waals surface area contributed by atoms with Crippen LogP contribution in [0, 0.1) is 12.8 Å². The Bertz CT molecular complexity index is 1250. The molecular weight excluding hydrogens is 418 g/mol. The molecule has 32 heavy (non-hydrogen) atoms. The molecule has 0 spiro atoms. The molecule has 1 fully saturated rings. The van der Waals surface area contributed by atoms with Gasteiger partial charge in [0, 0.05) is 18.5 Å². The minimum atomic E-state index is -0.234. The lowest BCUT2D eigenvalue weighted by Crippen LogP contribution is -2.42. The summed E-state index contributed by atoms with van der Waals surface area (Å²) in [6, 6.07) is 18.6. The van der Waals surface area contributed by atoms with Crippen LogP contribution in [0.5, 0.6) is 0 Å². The number of amides is 1. The summed E-state index contributed by atoms with van der Waals surface area (Å²) in [6.07, 6.45) is 3.20. The summed E-state index contributed by atoms with van der Waals surface area (Å²) in [5.74, 6) is 1.52. The number of carbonyl (C=O) groups excluding carboxylic acids is 1. The van der Waals surface area contributed by atoms with Gasteiger partial charge in [0.15, 0.2) is 10.8 Å². The van der Waals surface area contributed by atoms with Crippen molar-refractivity contribution in [3.05, 3.63) is 66.0 Å². The van der Waals surface area contributed by atoms with Gasteiger partial charge in [-0.3, -0.25) is 4.79 Å². The van der Waals surface area contributed by atoms with Gasteiger partial charge in [0.05, 0.1) is 10.8 Å². The van der Waals surface area contributed by atoms with Gasteiger partial charge in [-0.15, -0.1) is 5.10 Å². The number of fused-ring (bicyclic) bond motifs is 3. The van der Waals surface area contributed by atoms with Crippen molar-refractivity contribution in [1.82, 2.24) is 24.5 Å². The van der Waals surface area contributed by atoms with E-state index in [1.165, 1.54) is 17.3 Å². The largest absolute Gasteiger partial charge is 0.342 e. The van der Waals surface area contributed by atoms with Gasteiger partial charge in [0.1, 0.15) is 5.82 Å². The molecule has 1 atom stereocenters. The maximum atomic E-state index is 13.2. The van der Waals surface area contributed by atoms with E-state index in [2.05, 4.69) is 40.4 Å². The van der Waals surface area contributed by atoms with Crippen molar-refractivity contribution in [2.75, 3.05) is 13.1 Å². The summed E-state index contributed by atoms with van der Waals surface area (Å²) < 4.78 is 1.78. The van der Waals surface area contributed by atoms with Crippen LogP contribution in [-0.4, -0.2) is 48.7 Å². The van der Waals surface area contributed by atoms with Gasteiger partial charge in [-0.25, -0.2) is 9.97 Å². The SMILES string of the molecule is Cc1nc2c3ccccc3nc(SC(C)C(=O)N3CCC(Cc4ccccc4)CC3)n2n1. The Morgan fingerprint density at radius 3 is 2.56 bits per heavy atom. The molecule has 0 bridgehead atoms. The van der Waals surface area contributed by atoms with Crippen LogP contribution in [0.25, 0.3) is 16.6 Å². The molecule has 6 nitrogen and oxygen atoms in total. The number of hydrogen-bond acceptors (Lipinski definition) is 5. The Kier molecular flexibility index (Phi) is 5.83. The lowest BCUT2D eigenvalue weighted by Gasteiger charge is -2.33. The van der Waals surface area contributed by atoms with Gasteiger partial charge in [0.2, 0.25) is 5.91 Å². The van der Waals surface area contributed by atoms with Crippen LogP contribution in [0.1, 0.15) is 31.2 Å². The van der Waals surface area contributed by atoms with Crippen LogP contribution in [0.3, 0.4) is 0 Å².